The molecule has 12 heavy (non-hydrogen) atoms. The molecule has 5 nitrogen and oxygen atoms in total. The lowest BCUT2D eigenvalue weighted by atomic mass is 10.2. The van der Waals surface area contributed by atoms with Crippen molar-refractivity contribution in [3.8, 4) is 0 Å². The Morgan fingerprint density at radius 3 is 2.92 bits per heavy atom. The summed E-state index contributed by atoms with van der Waals surface area (Å²) in [5.74, 6) is -0.0542. The van der Waals surface area contributed by atoms with Crippen molar-refractivity contribution in [2.24, 2.45) is 0 Å². The molecule has 1 aromatic heterocycles. The maximum absolute atomic E-state index is 10.8. The quantitative estimate of drug-likeness (QED) is 0.584. The van der Waals surface area contributed by atoms with Crippen LogP contribution in [0.4, 0.5) is 0 Å². The number of ether oxygens (including phenoxy) is 1. The van der Waals surface area contributed by atoms with E-state index < -0.39 is 0 Å². The highest BCUT2D eigenvalue weighted by molar-refractivity contribution is 5.91. The molecule has 0 N–H and O–H groups in total. The first kappa shape index (κ1) is 7.42. The smallest absolute Gasteiger partial charge is 0.181 e. The molecule has 0 atom stereocenters. The summed E-state index contributed by atoms with van der Waals surface area (Å²) in [6, 6.07) is 0.269. The predicted octanol–water partition coefficient (Wildman–Crippen LogP) is 0.0520. The highest BCUT2D eigenvalue weighted by Crippen LogP contribution is 2.15. The molecule has 2 heterocycles. The molecule has 1 aliphatic rings. The lowest BCUT2D eigenvalue weighted by molar-refractivity contribution is -0.0293. The van der Waals surface area contributed by atoms with Crippen LogP contribution >= 0.6 is 0 Å². The van der Waals surface area contributed by atoms with Crippen LogP contribution in [0.5, 0.6) is 0 Å². The normalized spacial score (nSPS) is 17.4. The molecule has 1 fully saturated rings. The minimum atomic E-state index is -0.0542. The van der Waals surface area contributed by atoms with E-state index in [2.05, 4.69) is 10.3 Å². The zero-order valence-corrected chi connectivity index (χ0v) is 6.73. The summed E-state index contributed by atoms with van der Waals surface area (Å²) in [5, 5.41) is 7.55. The Balaban J connectivity index is 2.17. The van der Waals surface area contributed by atoms with Crippen molar-refractivity contribution in [2.45, 2.75) is 13.0 Å². The number of nitrogens with zero attached hydrogens (tertiary/aromatic N) is 3. The zero-order valence-electron chi connectivity index (χ0n) is 6.73. The molecular formula is C7H9N3O2. The van der Waals surface area contributed by atoms with E-state index in [9.17, 15) is 4.79 Å². The highest BCUT2D eigenvalue weighted by atomic mass is 16.5. The molecule has 1 saturated heterocycles. The van der Waals surface area contributed by atoms with Gasteiger partial charge in [-0.3, -0.25) is 4.79 Å². The van der Waals surface area contributed by atoms with Crippen LogP contribution in [0.2, 0.25) is 0 Å². The van der Waals surface area contributed by atoms with Gasteiger partial charge in [-0.2, -0.15) is 0 Å². The summed E-state index contributed by atoms with van der Waals surface area (Å²) >= 11 is 0. The lowest BCUT2D eigenvalue weighted by Crippen LogP contribution is -2.30. The number of rotatable bonds is 2. The second-order valence-corrected chi connectivity index (χ2v) is 2.83. The van der Waals surface area contributed by atoms with Crippen LogP contribution in [0.25, 0.3) is 0 Å². The second-order valence-electron chi connectivity index (χ2n) is 2.83. The average Bonchev–Trinajstić information content (AvgIpc) is 2.32. The third kappa shape index (κ3) is 1.12. The van der Waals surface area contributed by atoms with Gasteiger partial charge in [-0.15, -0.1) is 5.10 Å². The number of carbonyl (C=O) groups excluding carboxylic acids is 1. The van der Waals surface area contributed by atoms with Gasteiger partial charge >= 0.3 is 0 Å². The SMILES string of the molecule is CC(=O)c1cn(C2COC2)nn1. The van der Waals surface area contributed by atoms with E-state index in [4.69, 9.17) is 4.74 Å². The summed E-state index contributed by atoms with van der Waals surface area (Å²) in [6.07, 6.45) is 1.66. The number of aromatic nitrogens is 3. The Bertz CT molecular complexity index is 303. The monoisotopic (exact) mass is 167 g/mol. The minimum Gasteiger partial charge on any atom is -0.377 e. The molecule has 1 aliphatic heterocycles. The molecule has 0 aromatic carbocycles. The molecule has 0 unspecified atom stereocenters. The summed E-state index contributed by atoms with van der Waals surface area (Å²) in [6.45, 7) is 2.81. The van der Waals surface area contributed by atoms with Gasteiger partial charge in [0.05, 0.1) is 19.4 Å². The van der Waals surface area contributed by atoms with Crippen LogP contribution in [0.15, 0.2) is 6.20 Å². The largest absolute Gasteiger partial charge is 0.377 e. The third-order valence-corrected chi connectivity index (χ3v) is 1.87. The fourth-order valence-corrected chi connectivity index (χ4v) is 0.992. The molecule has 64 valence electrons. The first-order chi connectivity index (χ1) is 5.77. The fourth-order valence-electron chi connectivity index (χ4n) is 0.992. The van der Waals surface area contributed by atoms with Gasteiger partial charge in [0.25, 0.3) is 0 Å². The molecule has 2 rings (SSSR count). The van der Waals surface area contributed by atoms with Crippen molar-refractivity contribution >= 4 is 5.78 Å². The van der Waals surface area contributed by atoms with Crippen LogP contribution in [0.1, 0.15) is 23.5 Å². The van der Waals surface area contributed by atoms with E-state index in [1.165, 1.54) is 6.92 Å². The van der Waals surface area contributed by atoms with Gasteiger partial charge in [0.1, 0.15) is 11.7 Å². The van der Waals surface area contributed by atoms with Crippen LogP contribution < -0.4 is 0 Å². The first-order valence-corrected chi connectivity index (χ1v) is 3.78. The van der Waals surface area contributed by atoms with Crippen LogP contribution in [-0.2, 0) is 4.74 Å². The van der Waals surface area contributed by atoms with Gasteiger partial charge in [0.15, 0.2) is 5.78 Å². The molecule has 0 radical (unpaired) electrons. The van der Waals surface area contributed by atoms with Crippen molar-refractivity contribution < 1.29 is 9.53 Å². The summed E-state index contributed by atoms with van der Waals surface area (Å²) in [5.41, 5.74) is 0.418. The van der Waals surface area contributed by atoms with Crippen LogP contribution in [0.3, 0.4) is 0 Å². The van der Waals surface area contributed by atoms with Gasteiger partial charge < -0.3 is 4.74 Å². The van der Waals surface area contributed by atoms with E-state index in [1.807, 2.05) is 0 Å². The maximum atomic E-state index is 10.8. The second kappa shape index (κ2) is 2.67. The molecule has 0 saturated carbocycles. The lowest BCUT2D eigenvalue weighted by Gasteiger charge is -2.25. The van der Waals surface area contributed by atoms with E-state index >= 15 is 0 Å². The molecular weight excluding hydrogens is 158 g/mol. The van der Waals surface area contributed by atoms with Crippen LogP contribution in [-0.4, -0.2) is 34.0 Å². The number of carbonyl (C=O) groups is 1. The van der Waals surface area contributed by atoms with E-state index in [1.54, 1.807) is 10.9 Å². The molecule has 0 spiro atoms. The Labute approximate surface area is 69.3 Å². The van der Waals surface area contributed by atoms with Gasteiger partial charge in [-0.05, 0) is 0 Å². The number of hydrogen-bond donors (Lipinski definition) is 0. The maximum Gasteiger partial charge on any atom is 0.181 e. The van der Waals surface area contributed by atoms with Crippen molar-refractivity contribution in [3.63, 3.8) is 0 Å². The van der Waals surface area contributed by atoms with Crippen molar-refractivity contribution in [3.05, 3.63) is 11.9 Å². The van der Waals surface area contributed by atoms with Gasteiger partial charge in [-0.25, -0.2) is 4.68 Å². The highest BCUT2D eigenvalue weighted by Gasteiger charge is 2.22. The van der Waals surface area contributed by atoms with Gasteiger partial charge in [0, 0.05) is 6.92 Å². The van der Waals surface area contributed by atoms with Crippen LogP contribution in [0, 0.1) is 0 Å². The Kier molecular flexibility index (Phi) is 1.65. The first-order valence-electron chi connectivity index (χ1n) is 3.78. The van der Waals surface area contributed by atoms with E-state index in [0.29, 0.717) is 18.9 Å². The van der Waals surface area contributed by atoms with Gasteiger partial charge in [-0.1, -0.05) is 5.21 Å². The van der Waals surface area contributed by atoms with Crippen molar-refractivity contribution in [1.82, 2.24) is 15.0 Å². The zero-order chi connectivity index (χ0) is 8.55. The number of ketones is 1. The Morgan fingerprint density at radius 1 is 1.75 bits per heavy atom. The van der Waals surface area contributed by atoms with E-state index in [0.717, 1.165) is 0 Å². The minimum absolute atomic E-state index is 0.0542. The van der Waals surface area contributed by atoms with Crippen molar-refractivity contribution in [1.29, 1.82) is 0 Å². The predicted molar refractivity (Wildman–Crippen MR) is 39.9 cm³/mol. The standard InChI is InChI=1S/C7H9N3O2/c1-5(11)7-2-10(9-8-7)6-3-12-4-6/h2,6H,3-4H2,1H3. The topological polar surface area (TPSA) is 57.0 Å². The number of Topliss-reactive ketones (excluding diaryl/α,β-unsaturated/α-hetero) is 1. The molecule has 0 aliphatic carbocycles. The Hall–Kier alpha value is -1.23. The summed E-state index contributed by atoms with van der Waals surface area (Å²) in [7, 11) is 0. The summed E-state index contributed by atoms with van der Waals surface area (Å²) in [4.78, 5) is 10.8. The summed E-state index contributed by atoms with van der Waals surface area (Å²) < 4.78 is 6.67. The third-order valence-electron chi connectivity index (χ3n) is 1.87. The average molecular weight is 167 g/mol. The molecule has 0 bridgehead atoms. The molecule has 1 aromatic rings. The molecule has 5 heteroatoms. The molecule has 0 amide bonds. The fraction of sp³-hybridized carbons (Fsp3) is 0.571. The van der Waals surface area contributed by atoms with Crippen molar-refractivity contribution in [2.75, 3.05) is 13.2 Å². The van der Waals surface area contributed by atoms with E-state index in [-0.39, 0.29) is 11.8 Å². The Morgan fingerprint density at radius 2 is 2.50 bits per heavy atom. The van der Waals surface area contributed by atoms with Gasteiger partial charge in [0.2, 0.25) is 0 Å². The number of hydrogen-bond acceptors (Lipinski definition) is 4.